The molecule has 0 rings (SSSR count). The Hall–Kier alpha value is -0.0800. The molecule has 0 aromatic carbocycles. The third-order valence-corrected chi connectivity index (χ3v) is 3.49. The Morgan fingerprint density at radius 1 is 0.824 bits per heavy atom. The average molecular weight is 244 g/mol. The molecule has 0 heterocycles. The molecular weight excluding hydrogens is 212 g/mol. The van der Waals surface area contributed by atoms with Crippen LogP contribution in [0.25, 0.3) is 0 Å². The molecule has 0 aromatic rings. The van der Waals surface area contributed by atoms with Crippen molar-refractivity contribution < 1.29 is 10.2 Å². The first-order valence-corrected chi connectivity index (χ1v) is 6.92. The van der Waals surface area contributed by atoms with Gasteiger partial charge < -0.3 is 10.2 Å². The van der Waals surface area contributed by atoms with E-state index >= 15 is 0 Å². The number of rotatable bonds is 8. The Labute approximate surface area is 107 Å². The molecule has 0 spiro atoms. The van der Waals surface area contributed by atoms with Crippen LogP contribution in [0.5, 0.6) is 0 Å². The maximum atomic E-state index is 9.90. The smallest absolute Gasteiger partial charge is 0.0617 e. The van der Waals surface area contributed by atoms with Gasteiger partial charge >= 0.3 is 0 Å². The molecule has 0 aliphatic heterocycles. The third-order valence-electron chi connectivity index (χ3n) is 3.49. The van der Waals surface area contributed by atoms with E-state index < -0.39 is 11.2 Å². The van der Waals surface area contributed by atoms with E-state index in [4.69, 9.17) is 0 Å². The normalized spacial score (nSPS) is 16.9. The summed E-state index contributed by atoms with van der Waals surface area (Å²) in [4.78, 5) is 0. The fourth-order valence-electron chi connectivity index (χ4n) is 2.55. The zero-order valence-electron chi connectivity index (χ0n) is 12.6. The van der Waals surface area contributed by atoms with E-state index in [0.717, 1.165) is 38.5 Å². The van der Waals surface area contributed by atoms with Gasteiger partial charge in [0.15, 0.2) is 0 Å². The number of unbranched alkanes of at least 4 members (excludes halogenated alkanes) is 1. The molecule has 0 fully saturated rings. The predicted octanol–water partition coefficient (Wildman–Crippen LogP) is 3.90. The molecule has 0 amide bonds. The predicted molar refractivity (Wildman–Crippen MR) is 74.1 cm³/mol. The molecule has 104 valence electrons. The van der Waals surface area contributed by atoms with Gasteiger partial charge in [0.25, 0.3) is 0 Å². The molecule has 1 unspecified atom stereocenters. The maximum absolute atomic E-state index is 9.90. The van der Waals surface area contributed by atoms with E-state index in [1.54, 1.807) is 0 Å². The molecule has 0 aliphatic carbocycles. The lowest BCUT2D eigenvalue weighted by molar-refractivity contribution is 0.0249. The molecule has 1 atom stereocenters. The lowest BCUT2D eigenvalue weighted by Gasteiger charge is -2.32. The van der Waals surface area contributed by atoms with Crippen molar-refractivity contribution in [3.63, 3.8) is 0 Å². The first-order chi connectivity index (χ1) is 7.47. The molecule has 0 radical (unpaired) electrons. The molecule has 0 saturated carbocycles. The summed E-state index contributed by atoms with van der Waals surface area (Å²) < 4.78 is 0. The highest BCUT2D eigenvalue weighted by Crippen LogP contribution is 2.33. The van der Waals surface area contributed by atoms with Crippen LogP contribution in [-0.2, 0) is 0 Å². The van der Waals surface area contributed by atoms with Gasteiger partial charge in [-0.25, -0.2) is 0 Å². The van der Waals surface area contributed by atoms with Crippen LogP contribution >= 0.6 is 0 Å². The van der Waals surface area contributed by atoms with Crippen molar-refractivity contribution >= 4 is 0 Å². The lowest BCUT2D eigenvalue weighted by atomic mass is 9.77. The molecule has 2 N–H and O–H groups in total. The van der Waals surface area contributed by atoms with Crippen molar-refractivity contribution in [2.45, 2.75) is 91.3 Å². The average Bonchev–Trinajstić information content (AvgIpc) is 2.09. The zero-order valence-corrected chi connectivity index (χ0v) is 12.6. The van der Waals surface area contributed by atoms with Crippen LogP contribution in [0.15, 0.2) is 0 Å². The van der Waals surface area contributed by atoms with Crippen LogP contribution in [0.2, 0.25) is 0 Å². The van der Waals surface area contributed by atoms with Crippen LogP contribution in [0.3, 0.4) is 0 Å². The van der Waals surface area contributed by atoms with Crippen LogP contribution in [0, 0.1) is 5.41 Å². The molecule has 0 aliphatic rings. The molecule has 2 nitrogen and oxygen atoms in total. The standard InChI is InChI=1S/C15H32O2/c1-7-15(6,17)11-9-8-10-13(2,3)12-14(4,5)16/h16-17H,7-12H2,1-6H3. The van der Waals surface area contributed by atoms with Crippen molar-refractivity contribution in [3.05, 3.63) is 0 Å². The van der Waals surface area contributed by atoms with Gasteiger partial charge in [0.05, 0.1) is 11.2 Å². The van der Waals surface area contributed by atoms with Gasteiger partial charge in [-0.1, -0.05) is 33.6 Å². The second kappa shape index (κ2) is 6.19. The van der Waals surface area contributed by atoms with Crippen molar-refractivity contribution in [2.75, 3.05) is 0 Å². The van der Waals surface area contributed by atoms with Gasteiger partial charge in [-0.2, -0.15) is 0 Å². The molecule has 0 bridgehead atoms. The zero-order chi connectivity index (χ0) is 13.7. The van der Waals surface area contributed by atoms with Gasteiger partial charge in [-0.3, -0.25) is 0 Å². The van der Waals surface area contributed by atoms with Crippen LogP contribution in [0.1, 0.15) is 80.1 Å². The summed E-state index contributed by atoms with van der Waals surface area (Å²) >= 11 is 0. The first kappa shape index (κ1) is 16.9. The fourth-order valence-corrected chi connectivity index (χ4v) is 2.55. The maximum Gasteiger partial charge on any atom is 0.0617 e. The van der Waals surface area contributed by atoms with E-state index in [0.29, 0.717) is 0 Å². The van der Waals surface area contributed by atoms with Crippen molar-refractivity contribution in [1.82, 2.24) is 0 Å². The van der Waals surface area contributed by atoms with Crippen LogP contribution in [0.4, 0.5) is 0 Å². The topological polar surface area (TPSA) is 40.5 Å². The minimum absolute atomic E-state index is 0.177. The fraction of sp³-hybridized carbons (Fsp3) is 1.00. The number of aliphatic hydroxyl groups is 2. The Bertz CT molecular complexity index is 211. The highest BCUT2D eigenvalue weighted by Gasteiger charge is 2.26. The number of hydrogen-bond donors (Lipinski definition) is 2. The minimum atomic E-state index is -0.585. The molecule has 17 heavy (non-hydrogen) atoms. The van der Waals surface area contributed by atoms with Crippen molar-refractivity contribution in [1.29, 1.82) is 0 Å². The van der Waals surface area contributed by atoms with Gasteiger partial charge in [-0.05, 0) is 51.9 Å². The van der Waals surface area contributed by atoms with E-state index in [1.807, 2.05) is 27.7 Å². The Morgan fingerprint density at radius 2 is 1.29 bits per heavy atom. The minimum Gasteiger partial charge on any atom is -0.390 e. The van der Waals surface area contributed by atoms with E-state index in [-0.39, 0.29) is 5.41 Å². The Morgan fingerprint density at radius 3 is 1.71 bits per heavy atom. The number of hydrogen-bond acceptors (Lipinski definition) is 2. The summed E-state index contributed by atoms with van der Waals surface area (Å²) in [6, 6.07) is 0. The summed E-state index contributed by atoms with van der Waals surface area (Å²) in [7, 11) is 0. The Kier molecular flexibility index (Phi) is 6.16. The Balaban J connectivity index is 3.88. The van der Waals surface area contributed by atoms with E-state index in [9.17, 15) is 10.2 Å². The second-order valence-electron chi connectivity index (χ2n) is 7.21. The summed E-state index contributed by atoms with van der Waals surface area (Å²) in [5.41, 5.74) is -0.908. The first-order valence-electron chi connectivity index (χ1n) is 6.92. The van der Waals surface area contributed by atoms with Gasteiger partial charge in [0.2, 0.25) is 0 Å². The SMILES string of the molecule is CCC(C)(O)CCCCC(C)(C)CC(C)(C)O. The second-order valence-corrected chi connectivity index (χ2v) is 7.21. The molecular formula is C15H32O2. The molecule has 0 saturated heterocycles. The highest BCUT2D eigenvalue weighted by atomic mass is 16.3. The third kappa shape index (κ3) is 9.61. The monoisotopic (exact) mass is 244 g/mol. The van der Waals surface area contributed by atoms with Crippen LogP contribution < -0.4 is 0 Å². The summed E-state index contributed by atoms with van der Waals surface area (Å²) in [5.74, 6) is 0. The van der Waals surface area contributed by atoms with Crippen LogP contribution in [-0.4, -0.2) is 21.4 Å². The highest BCUT2D eigenvalue weighted by molar-refractivity contribution is 4.79. The van der Waals surface area contributed by atoms with Crippen molar-refractivity contribution in [3.8, 4) is 0 Å². The molecule has 2 heteroatoms. The summed E-state index contributed by atoms with van der Waals surface area (Å²) in [5, 5.41) is 19.7. The van der Waals surface area contributed by atoms with E-state index in [1.165, 1.54) is 0 Å². The molecule has 0 aromatic heterocycles. The van der Waals surface area contributed by atoms with Gasteiger partial charge in [0.1, 0.15) is 0 Å². The summed E-state index contributed by atoms with van der Waals surface area (Å²) in [6.07, 6.45) is 5.82. The summed E-state index contributed by atoms with van der Waals surface area (Å²) in [6.45, 7) is 12.1. The van der Waals surface area contributed by atoms with E-state index in [2.05, 4.69) is 13.8 Å². The van der Waals surface area contributed by atoms with Crippen molar-refractivity contribution in [2.24, 2.45) is 5.41 Å². The van der Waals surface area contributed by atoms with Gasteiger partial charge in [0, 0.05) is 0 Å². The quantitative estimate of drug-likeness (QED) is 0.636. The lowest BCUT2D eigenvalue weighted by Crippen LogP contribution is -2.28. The van der Waals surface area contributed by atoms with Gasteiger partial charge in [-0.15, -0.1) is 0 Å². The largest absolute Gasteiger partial charge is 0.390 e.